The third-order valence-electron chi connectivity index (χ3n) is 5.67. The van der Waals surface area contributed by atoms with Crippen LogP contribution in [0.25, 0.3) is 0 Å². The molecule has 0 radical (unpaired) electrons. The first kappa shape index (κ1) is 24.7. The van der Waals surface area contributed by atoms with Crippen molar-refractivity contribution in [1.29, 1.82) is 0 Å². The van der Waals surface area contributed by atoms with Crippen LogP contribution in [-0.2, 0) is 9.47 Å². The highest BCUT2D eigenvalue weighted by Gasteiger charge is 2.65. The number of hydrogen-bond donors (Lipinski definition) is 8. The molecule has 10 atom stereocenters. The molecule has 0 bridgehead atoms. The lowest BCUT2D eigenvalue weighted by Gasteiger charge is -2.54. The van der Waals surface area contributed by atoms with Crippen molar-refractivity contribution in [2.75, 3.05) is 13.2 Å². The molecule has 2 aliphatic rings. The van der Waals surface area contributed by atoms with E-state index in [4.69, 9.17) is 14.2 Å². The lowest BCUT2D eigenvalue weighted by Crippen LogP contribution is -2.77. The SMILES string of the molecule is O=[N+]([O-])c1ccc(O[C@H]2O[C@H](CO)[C@H](O)[C@H](O)[C@]2(O)[C@@H]2O[C@H](CO)[C@@H](O)[C@H](O)[C@H]2O)cc1. The van der Waals surface area contributed by atoms with Crippen LogP contribution in [0, 0.1) is 10.1 Å². The fraction of sp³-hybridized carbons (Fsp3) is 0.667. The lowest BCUT2D eigenvalue weighted by molar-refractivity contribution is -0.385. The van der Waals surface area contributed by atoms with Gasteiger partial charge in [-0.15, -0.1) is 0 Å². The molecule has 32 heavy (non-hydrogen) atoms. The van der Waals surface area contributed by atoms with Gasteiger partial charge in [0.05, 0.1) is 18.1 Å². The molecular formula is C18H25NO13. The van der Waals surface area contributed by atoms with Crippen molar-refractivity contribution in [2.24, 2.45) is 0 Å². The zero-order valence-corrected chi connectivity index (χ0v) is 16.5. The van der Waals surface area contributed by atoms with Crippen LogP contribution in [-0.4, -0.2) is 120 Å². The summed E-state index contributed by atoms with van der Waals surface area (Å²) in [4.78, 5) is 10.2. The summed E-state index contributed by atoms with van der Waals surface area (Å²) in [5.74, 6) is -0.0936. The monoisotopic (exact) mass is 463 g/mol. The second-order valence-electron chi connectivity index (χ2n) is 7.63. The minimum atomic E-state index is -2.80. The van der Waals surface area contributed by atoms with E-state index >= 15 is 0 Å². The Hall–Kier alpha value is -1.98. The molecule has 0 aromatic heterocycles. The van der Waals surface area contributed by atoms with Crippen LogP contribution in [0.15, 0.2) is 24.3 Å². The van der Waals surface area contributed by atoms with Gasteiger partial charge >= 0.3 is 0 Å². The van der Waals surface area contributed by atoms with Gasteiger partial charge in [0, 0.05) is 12.1 Å². The van der Waals surface area contributed by atoms with Gasteiger partial charge in [-0.05, 0) is 12.1 Å². The molecule has 0 amide bonds. The lowest BCUT2D eigenvalue weighted by atomic mass is 9.76. The van der Waals surface area contributed by atoms with Crippen molar-refractivity contribution in [2.45, 2.75) is 60.7 Å². The summed E-state index contributed by atoms with van der Waals surface area (Å²) in [5.41, 5.74) is -3.07. The molecule has 0 unspecified atom stereocenters. The molecule has 1 aromatic rings. The summed E-state index contributed by atoms with van der Waals surface area (Å²) in [7, 11) is 0. The third kappa shape index (κ3) is 4.17. The predicted molar refractivity (Wildman–Crippen MR) is 100 cm³/mol. The zero-order valence-electron chi connectivity index (χ0n) is 16.5. The fourth-order valence-electron chi connectivity index (χ4n) is 3.79. The van der Waals surface area contributed by atoms with E-state index in [1.54, 1.807) is 0 Å². The molecule has 0 aliphatic carbocycles. The second kappa shape index (κ2) is 9.48. The van der Waals surface area contributed by atoms with Gasteiger partial charge < -0.3 is 55.1 Å². The van der Waals surface area contributed by atoms with Gasteiger partial charge in [-0.25, -0.2) is 0 Å². The van der Waals surface area contributed by atoms with Gasteiger partial charge in [0.2, 0.25) is 6.29 Å². The van der Waals surface area contributed by atoms with E-state index in [0.29, 0.717) is 0 Å². The minimum absolute atomic E-state index is 0.0936. The van der Waals surface area contributed by atoms with E-state index in [9.17, 15) is 51.0 Å². The van der Waals surface area contributed by atoms with Crippen molar-refractivity contribution in [1.82, 2.24) is 0 Å². The molecule has 0 spiro atoms. The third-order valence-corrected chi connectivity index (χ3v) is 5.67. The number of benzene rings is 1. The Labute approximate surface area is 180 Å². The number of aliphatic hydroxyl groups is 8. The van der Waals surface area contributed by atoms with Crippen molar-refractivity contribution in [3.63, 3.8) is 0 Å². The van der Waals surface area contributed by atoms with E-state index < -0.39 is 78.9 Å². The van der Waals surface area contributed by atoms with Crippen LogP contribution >= 0.6 is 0 Å². The fourth-order valence-corrected chi connectivity index (χ4v) is 3.79. The predicted octanol–water partition coefficient (Wildman–Crippen LogP) is -4.01. The molecule has 3 rings (SSSR count). The number of nitrogens with zero attached hydrogens (tertiary/aromatic N) is 1. The molecule has 1 aromatic carbocycles. The number of nitro groups is 1. The second-order valence-corrected chi connectivity index (χ2v) is 7.63. The first-order valence-electron chi connectivity index (χ1n) is 9.62. The highest BCUT2D eigenvalue weighted by molar-refractivity contribution is 5.36. The van der Waals surface area contributed by atoms with E-state index in [0.717, 1.165) is 24.3 Å². The average Bonchev–Trinajstić information content (AvgIpc) is 2.78. The summed E-state index contributed by atoms with van der Waals surface area (Å²) in [6, 6.07) is 4.47. The van der Waals surface area contributed by atoms with Gasteiger partial charge in [0.1, 0.15) is 54.6 Å². The maximum Gasteiger partial charge on any atom is 0.269 e. The van der Waals surface area contributed by atoms with E-state index in [2.05, 4.69) is 0 Å². The van der Waals surface area contributed by atoms with E-state index in [1.165, 1.54) is 0 Å². The standard InChI is InChI=1S/C18H25NO13/c20-5-9-11(22)13(24)14(25)16(31-9)18(27)15(26)12(23)10(6-21)32-17(18)30-8-3-1-7(2-4-8)19(28)29/h1-4,9-17,20-27H,5-6H2/t9-,10-,11-,12+,13+,14-,15+,16-,17+,18+/m1/s1. The maximum absolute atomic E-state index is 11.4. The Kier molecular flexibility index (Phi) is 7.31. The molecule has 2 saturated heterocycles. The number of hydrogen-bond acceptors (Lipinski definition) is 13. The molecule has 0 saturated carbocycles. The Morgan fingerprint density at radius 1 is 0.906 bits per heavy atom. The van der Waals surface area contributed by atoms with Gasteiger partial charge in [-0.1, -0.05) is 0 Å². The summed E-state index contributed by atoms with van der Waals surface area (Å²) in [6.07, 6.45) is -16.6. The highest BCUT2D eigenvalue weighted by atomic mass is 16.7. The van der Waals surface area contributed by atoms with Crippen LogP contribution in [0.5, 0.6) is 5.75 Å². The van der Waals surface area contributed by atoms with Crippen molar-refractivity contribution < 1.29 is 60.0 Å². The van der Waals surface area contributed by atoms with Crippen molar-refractivity contribution >= 4 is 5.69 Å². The molecular weight excluding hydrogens is 438 g/mol. The molecule has 2 aliphatic heterocycles. The average molecular weight is 463 g/mol. The summed E-state index contributed by atoms with van der Waals surface area (Å²) >= 11 is 0. The Morgan fingerprint density at radius 2 is 1.47 bits per heavy atom. The molecule has 8 N–H and O–H groups in total. The first-order chi connectivity index (χ1) is 15.1. The number of rotatable bonds is 6. The summed E-state index contributed by atoms with van der Waals surface area (Å²) < 4.78 is 16.2. The van der Waals surface area contributed by atoms with Gasteiger partial charge in [0.15, 0.2) is 5.60 Å². The Bertz CT molecular complexity index is 792. The zero-order chi connectivity index (χ0) is 23.8. The minimum Gasteiger partial charge on any atom is -0.462 e. The van der Waals surface area contributed by atoms with Crippen LogP contribution in [0.1, 0.15) is 0 Å². The molecule has 2 heterocycles. The van der Waals surface area contributed by atoms with Crippen molar-refractivity contribution in [3.8, 4) is 5.75 Å². The maximum atomic E-state index is 11.4. The van der Waals surface area contributed by atoms with Crippen LogP contribution in [0.3, 0.4) is 0 Å². The normalized spacial score (nSPS) is 42.4. The molecule has 2 fully saturated rings. The smallest absolute Gasteiger partial charge is 0.269 e. The molecule has 14 heteroatoms. The number of ether oxygens (including phenoxy) is 3. The number of nitro benzene ring substituents is 1. The highest BCUT2D eigenvalue weighted by Crippen LogP contribution is 2.40. The number of non-ortho nitro benzene ring substituents is 1. The quantitative estimate of drug-likeness (QED) is 0.149. The van der Waals surface area contributed by atoms with Crippen LogP contribution in [0.2, 0.25) is 0 Å². The summed E-state index contributed by atoms with van der Waals surface area (Å²) in [6.45, 7) is -1.63. The topological polar surface area (TPSA) is 233 Å². The van der Waals surface area contributed by atoms with Gasteiger partial charge in [-0.2, -0.15) is 0 Å². The first-order valence-corrected chi connectivity index (χ1v) is 9.62. The molecule has 180 valence electrons. The van der Waals surface area contributed by atoms with Crippen LogP contribution in [0.4, 0.5) is 5.69 Å². The van der Waals surface area contributed by atoms with E-state index in [1.807, 2.05) is 0 Å². The van der Waals surface area contributed by atoms with Crippen molar-refractivity contribution in [3.05, 3.63) is 34.4 Å². The van der Waals surface area contributed by atoms with Gasteiger partial charge in [0.25, 0.3) is 5.69 Å². The van der Waals surface area contributed by atoms with Gasteiger partial charge in [-0.3, -0.25) is 10.1 Å². The Morgan fingerprint density at radius 3 is 2.00 bits per heavy atom. The largest absolute Gasteiger partial charge is 0.462 e. The van der Waals surface area contributed by atoms with E-state index in [-0.39, 0.29) is 11.4 Å². The molecule has 14 nitrogen and oxygen atoms in total. The summed E-state index contributed by atoms with van der Waals surface area (Å²) in [5, 5.41) is 92.6. The Balaban J connectivity index is 1.98. The number of aliphatic hydroxyl groups excluding tert-OH is 7. The van der Waals surface area contributed by atoms with Crippen LogP contribution < -0.4 is 4.74 Å².